The maximum Gasteiger partial charge on any atom is 0.292 e. The van der Waals surface area contributed by atoms with Crippen LogP contribution in [-0.4, -0.2) is 56.3 Å². The number of nitrogens with one attached hydrogen (secondary N) is 2. The summed E-state index contributed by atoms with van der Waals surface area (Å²) in [6.07, 6.45) is 1.61. The second kappa shape index (κ2) is 9.79. The van der Waals surface area contributed by atoms with Gasteiger partial charge < -0.3 is 15.5 Å². The van der Waals surface area contributed by atoms with Crippen molar-refractivity contribution < 1.29 is 18.1 Å². The van der Waals surface area contributed by atoms with Crippen molar-refractivity contribution in [3.63, 3.8) is 0 Å². The van der Waals surface area contributed by atoms with Gasteiger partial charge >= 0.3 is 0 Å². The second-order valence-electron chi connectivity index (χ2n) is 7.22. The van der Waals surface area contributed by atoms with Gasteiger partial charge in [-0.15, -0.1) is 6.58 Å². The molecular weight excluding hydrogens is 434 g/mol. The molecule has 170 valence electrons. The molecule has 1 saturated heterocycles. The van der Waals surface area contributed by atoms with Crippen LogP contribution in [0.15, 0.2) is 60.0 Å². The summed E-state index contributed by atoms with van der Waals surface area (Å²) in [4.78, 5) is 24.1. The first-order valence-corrected chi connectivity index (χ1v) is 11.4. The van der Waals surface area contributed by atoms with Crippen LogP contribution < -0.4 is 15.5 Å². The summed E-state index contributed by atoms with van der Waals surface area (Å²) in [6, 6.07) is 10.9. The summed E-state index contributed by atoms with van der Waals surface area (Å²) < 4.78 is 27.4. The Morgan fingerprint density at radius 2 is 1.81 bits per heavy atom. The van der Waals surface area contributed by atoms with Gasteiger partial charge in [0.1, 0.15) is 5.69 Å². The zero-order chi connectivity index (χ0) is 23.3. The van der Waals surface area contributed by atoms with Crippen molar-refractivity contribution in [3.05, 3.63) is 65.2 Å². The van der Waals surface area contributed by atoms with Crippen LogP contribution in [0, 0.1) is 10.1 Å². The molecule has 11 heteroatoms. The number of piperazine rings is 1. The van der Waals surface area contributed by atoms with E-state index in [1.165, 1.54) is 29.4 Å². The average Bonchev–Trinajstić information content (AvgIpc) is 2.77. The molecule has 1 fully saturated rings. The first-order chi connectivity index (χ1) is 15.2. The topological polar surface area (TPSA) is 125 Å². The van der Waals surface area contributed by atoms with E-state index in [-0.39, 0.29) is 29.6 Å². The molecule has 0 atom stereocenters. The number of anilines is 3. The van der Waals surface area contributed by atoms with Gasteiger partial charge in [-0.3, -0.25) is 14.9 Å². The molecule has 0 unspecified atom stereocenters. The molecule has 0 aromatic heterocycles. The third-order valence-electron chi connectivity index (χ3n) is 5.03. The Morgan fingerprint density at radius 1 is 1.16 bits per heavy atom. The van der Waals surface area contributed by atoms with Crippen LogP contribution in [0.1, 0.15) is 6.92 Å². The number of rotatable bonds is 8. The number of carbonyl (C=O) groups excluding carboxylic acids is 1. The van der Waals surface area contributed by atoms with Crippen LogP contribution in [0.4, 0.5) is 22.7 Å². The molecule has 0 saturated carbocycles. The van der Waals surface area contributed by atoms with Crippen LogP contribution >= 0.6 is 0 Å². The van der Waals surface area contributed by atoms with Crippen LogP contribution in [0.25, 0.3) is 0 Å². The minimum absolute atomic E-state index is 0.0282. The summed E-state index contributed by atoms with van der Waals surface area (Å²) >= 11 is 0. The van der Waals surface area contributed by atoms with Crippen molar-refractivity contribution in [2.45, 2.75) is 11.8 Å². The fourth-order valence-corrected chi connectivity index (χ4v) is 4.88. The molecule has 2 aromatic carbocycles. The number of nitro benzene ring substituents is 1. The van der Waals surface area contributed by atoms with E-state index in [0.717, 1.165) is 5.69 Å². The number of benzene rings is 2. The maximum atomic E-state index is 13.0. The van der Waals surface area contributed by atoms with E-state index in [4.69, 9.17) is 0 Å². The highest BCUT2D eigenvalue weighted by atomic mass is 32.2. The van der Waals surface area contributed by atoms with Gasteiger partial charge in [-0.25, -0.2) is 8.42 Å². The van der Waals surface area contributed by atoms with E-state index in [0.29, 0.717) is 31.0 Å². The molecule has 1 aliphatic rings. The van der Waals surface area contributed by atoms with Gasteiger partial charge in [0.2, 0.25) is 15.9 Å². The highest BCUT2D eigenvalue weighted by molar-refractivity contribution is 7.89. The molecule has 1 aliphatic heterocycles. The number of carbonyl (C=O) groups is 1. The third-order valence-corrected chi connectivity index (χ3v) is 6.94. The highest BCUT2D eigenvalue weighted by Gasteiger charge is 2.29. The lowest BCUT2D eigenvalue weighted by molar-refractivity contribution is -0.383. The van der Waals surface area contributed by atoms with Gasteiger partial charge in [-0.1, -0.05) is 6.08 Å². The second-order valence-corrected chi connectivity index (χ2v) is 9.16. The predicted octanol–water partition coefficient (Wildman–Crippen LogP) is 2.66. The quantitative estimate of drug-likeness (QED) is 0.353. The summed E-state index contributed by atoms with van der Waals surface area (Å²) in [6.45, 7) is 6.83. The summed E-state index contributed by atoms with van der Waals surface area (Å²) in [5, 5.41) is 16.9. The Morgan fingerprint density at radius 3 is 2.38 bits per heavy atom. The average molecular weight is 460 g/mol. The summed E-state index contributed by atoms with van der Waals surface area (Å²) in [7, 11) is -3.67. The SMILES string of the molecule is C=CCNc1cc(N2CCN(S(=O)(=O)c3ccc(NC(C)=O)cc3)CC2)ccc1[N+](=O)[O-]. The van der Waals surface area contributed by atoms with Crippen molar-refractivity contribution in [2.24, 2.45) is 0 Å². The minimum atomic E-state index is -3.67. The van der Waals surface area contributed by atoms with Gasteiger partial charge in [-0.05, 0) is 36.4 Å². The first-order valence-electron chi connectivity index (χ1n) is 9.98. The lowest BCUT2D eigenvalue weighted by Crippen LogP contribution is -2.48. The molecular formula is C21H25N5O5S. The van der Waals surface area contributed by atoms with E-state index in [1.807, 2.05) is 4.90 Å². The van der Waals surface area contributed by atoms with Crippen molar-refractivity contribution in [2.75, 3.05) is 48.3 Å². The molecule has 0 radical (unpaired) electrons. The zero-order valence-corrected chi connectivity index (χ0v) is 18.5. The molecule has 0 bridgehead atoms. The molecule has 2 aromatic rings. The standard InChI is InChI=1S/C21H25N5O5S/c1-3-10-22-20-15-18(6-9-21(20)26(28)29)24-11-13-25(14-12-24)32(30,31)19-7-4-17(5-8-19)23-16(2)27/h3-9,15,22H,1,10-14H2,2H3,(H,23,27). The molecule has 0 aliphatic carbocycles. The van der Waals surface area contributed by atoms with Gasteiger partial charge in [0.15, 0.2) is 0 Å². The molecule has 32 heavy (non-hydrogen) atoms. The van der Waals surface area contributed by atoms with Crippen molar-refractivity contribution in [3.8, 4) is 0 Å². The molecule has 3 rings (SSSR count). The fraction of sp³-hybridized carbons (Fsp3) is 0.286. The number of amides is 1. The van der Waals surface area contributed by atoms with Crippen LogP contribution in [0.5, 0.6) is 0 Å². The van der Waals surface area contributed by atoms with E-state index in [2.05, 4.69) is 17.2 Å². The lowest BCUT2D eigenvalue weighted by Gasteiger charge is -2.35. The van der Waals surface area contributed by atoms with Crippen LogP contribution in [-0.2, 0) is 14.8 Å². The van der Waals surface area contributed by atoms with E-state index in [9.17, 15) is 23.3 Å². The smallest absolute Gasteiger partial charge is 0.292 e. The third kappa shape index (κ3) is 5.24. The fourth-order valence-electron chi connectivity index (χ4n) is 3.45. The summed E-state index contributed by atoms with van der Waals surface area (Å²) in [5.74, 6) is -0.231. The van der Waals surface area contributed by atoms with E-state index in [1.54, 1.807) is 30.3 Å². The highest BCUT2D eigenvalue weighted by Crippen LogP contribution is 2.30. The number of nitro groups is 1. The zero-order valence-electron chi connectivity index (χ0n) is 17.7. The Hall–Kier alpha value is -3.44. The molecule has 1 amide bonds. The van der Waals surface area contributed by atoms with E-state index < -0.39 is 14.9 Å². The first kappa shape index (κ1) is 23.2. The van der Waals surface area contributed by atoms with Gasteiger partial charge in [0.05, 0.1) is 9.82 Å². The number of hydrogen-bond acceptors (Lipinski definition) is 7. The minimum Gasteiger partial charge on any atom is -0.376 e. The Bertz CT molecular complexity index is 1110. The monoisotopic (exact) mass is 459 g/mol. The normalized spacial score (nSPS) is 14.6. The number of hydrogen-bond donors (Lipinski definition) is 2. The molecule has 2 N–H and O–H groups in total. The van der Waals surface area contributed by atoms with Gasteiger partial charge in [-0.2, -0.15) is 4.31 Å². The molecule has 1 heterocycles. The van der Waals surface area contributed by atoms with Crippen molar-refractivity contribution in [1.82, 2.24) is 4.31 Å². The van der Waals surface area contributed by atoms with E-state index >= 15 is 0 Å². The number of sulfonamides is 1. The van der Waals surface area contributed by atoms with Gasteiger partial charge in [0, 0.05) is 57.1 Å². The van der Waals surface area contributed by atoms with Crippen molar-refractivity contribution in [1.29, 1.82) is 0 Å². The predicted molar refractivity (Wildman–Crippen MR) is 124 cm³/mol. The summed E-state index contributed by atoms with van der Waals surface area (Å²) in [5.41, 5.74) is 1.67. The Balaban J connectivity index is 1.71. The Labute approximate surface area is 186 Å². The van der Waals surface area contributed by atoms with Gasteiger partial charge in [0.25, 0.3) is 5.69 Å². The molecule has 0 spiro atoms. The maximum absolute atomic E-state index is 13.0. The Kier molecular flexibility index (Phi) is 7.11. The number of nitrogens with zero attached hydrogens (tertiary/aromatic N) is 3. The van der Waals surface area contributed by atoms with Crippen molar-refractivity contribution >= 4 is 38.7 Å². The van der Waals surface area contributed by atoms with Crippen LogP contribution in [0.3, 0.4) is 0 Å². The molecule has 10 nitrogen and oxygen atoms in total. The van der Waals surface area contributed by atoms with Crippen LogP contribution in [0.2, 0.25) is 0 Å². The largest absolute Gasteiger partial charge is 0.376 e. The lowest BCUT2D eigenvalue weighted by atomic mass is 10.2.